The number of hydrogen-bond acceptors (Lipinski definition) is 5. The van der Waals surface area contributed by atoms with Crippen LogP contribution >= 0.6 is 11.8 Å². The first-order valence-corrected chi connectivity index (χ1v) is 6.75. The van der Waals surface area contributed by atoms with E-state index in [1.807, 2.05) is 36.6 Å². The predicted octanol–water partition coefficient (Wildman–Crippen LogP) is 1.74. The van der Waals surface area contributed by atoms with Gasteiger partial charge >= 0.3 is 0 Å². The lowest BCUT2D eigenvalue weighted by molar-refractivity contribution is 0.269. The van der Waals surface area contributed by atoms with E-state index < -0.39 is 0 Å². The summed E-state index contributed by atoms with van der Waals surface area (Å²) in [5.41, 5.74) is 1.00. The Kier molecular flexibility index (Phi) is 4.49. The first-order chi connectivity index (χ1) is 8.83. The molecular formula is C12H14N4OS. The summed E-state index contributed by atoms with van der Waals surface area (Å²) in [7, 11) is 0. The summed E-state index contributed by atoms with van der Waals surface area (Å²) in [6.45, 7) is 0.417. The number of benzene rings is 1. The minimum absolute atomic E-state index is 0.0189. The summed E-state index contributed by atoms with van der Waals surface area (Å²) >= 11 is 1.45. The molecule has 0 radical (unpaired) electrons. The van der Waals surface area contributed by atoms with Gasteiger partial charge in [-0.1, -0.05) is 42.1 Å². The fourth-order valence-corrected chi connectivity index (χ4v) is 1.76. The van der Waals surface area contributed by atoms with Crippen LogP contribution in [-0.2, 0) is 6.54 Å². The van der Waals surface area contributed by atoms with Gasteiger partial charge in [-0.3, -0.25) is 0 Å². The van der Waals surface area contributed by atoms with E-state index in [9.17, 15) is 0 Å². The van der Waals surface area contributed by atoms with Crippen LogP contribution < -0.4 is 0 Å². The average molecular weight is 262 g/mol. The monoisotopic (exact) mass is 262 g/mol. The van der Waals surface area contributed by atoms with Crippen molar-refractivity contribution in [2.24, 2.45) is 4.99 Å². The molecular weight excluding hydrogens is 248 g/mol. The summed E-state index contributed by atoms with van der Waals surface area (Å²) in [6.07, 6.45) is 3.64. The fraction of sp³-hybridized carbons (Fsp3) is 0.250. The van der Waals surface area contributed by atoms with E-state index in [4.69, 9.17) is 5.11 Å². The van der Waals surface area contributed by atoms with Crippen molar-refractivity contribution in [2.75, 3.05) is 12.9 Å². The third-order valence-electron chi connectivity index (χ3n) is 2.26. The average Bonchev–Trinajstić information content (AvgIpc) is 2.81. The van der Waals surface area contributed by atoms with Gasteiger partial charge in [-0.05, 0) is 11.8 Å². The van der Waals surface area contributed by atoms with Crippen LogP contribution in [0.15, 0.2) is 40.5 Å². The zero-order valence-electron chi connectivity index (χ0n) is 10.0. The molecule has 94 valence electrons. The standard InChI is InChI=1S/C12H14N4OS/c1-18-12-14-11(16(15-12)7-8-17)13-9-10-5-3-2-4-6-10/h2-6,9,17H,7-8H2,1H3/b13-9-. The molecule has 0 aliphatic heterocycles. The molecule has 1 N–H and O–H groups in total. The second-order valence-corrected chi connectivity index (χ2v) is 4.29. The van der Waals surface area contributed by atoms with Gasteiger partial charge < -0.3 is 5.11 Å². The molecule has 0 aliphatic carbocycles. The molecule has 2 aromatic rings. The fourth-order valence-electron chi connectivity index (χ4n) is 1.41. The number of aromatic nitrogens is 3. The van der Waals surface area contributed by atoms with E-state index in [-0.39, 0.29) is 6.61 Å². The molecule has 1 heterocycles. The first kappa shape index (κ1) is 12.8. The van der Waals surface area contributed by atoms with Crippen LogP contribution in [0.4, 0.5) is 5.95 Å². The van der Waals surface area contributed by atoms with Crippen LogP contribution in [0.1, 0.15) is 5.56 Å². The SMILES string of the molecule is CSc1nc(/N=C\c2ccccc2)n(CCO)n1. The highest BCUT2D eigenvalue weighted by Gasteiger charge is 2.06. The number of aliphatic hydroxyl groups is 1. The highest BCUT2D eigenvalue weighted by Crippen LogP contribution is 2.15. The van der Waals surface area contributed by atoms with Crippen molar-refractivity contribution < 1.29 is 5.11 Å². The summed E-state index contributed by atoms with van der Waals surface area (Å²) in [6, 6.07) is 9.79. The van der Waals surface area contributed by atoms with E-state index >= 15 is 0 Å². The Morgan fingerprint density at radius 2 is 2.17 bits per heavy atom. The van der Waals surface area contributed by atoms with E-state index in [0.717, 1.165) is 5.56 Å². The van der Waals surface area contributed by atoms with Crippen molar-refractivity contribution in [2.45, 2.75) is 11.7 Å². The van der Waals surface area contributed by atoms with Crippen molar-refractivity contribution in [3.8, 4) is 0 Å². The number of rotatable bonds is 5. The molecule has 5 nitrogen and oxygen atoms in total. The van der Waals surface area contributed by atoms with Gasteiger partial charge in [-0.25, -0.2) is 9.67 Å². The number of aliphatic imine (C=N–C) groups is 1. The van der Waals surface area contributed by atoms with E-state index in [1.54, 1.807) is 10.9 Å². The lowest BCUT2D eigenvalue weighted by Crippen LogP contribution is -2.03. The van der Waals surface area contributed by atoms with Crippen molar-refractivity contribution in [1.82, 2.24) is 14.8 Å². The van der Waals surface area contributed by atoms with Gasteiger partial charge in [-0.15, -0.1) is 5.10 Å². The molecule has 0 saturated heterocycles. The van der Waals surface area contributed by atoms with E-state index in [2.05, 4.69) is 15.1 Å². The first-order valence-electron chi connectivity index (χ1n) is 5.52. The predicted molar refractivity (Wildman–Crippen MR) is 72.6 cm³/mol. The highest BCUT2D eigenvalue weighted by atomic mass is 32.2. The molecule has 1 aromatic heterocycles. The zero-order chi connectivity index (χ0) is 12.8. The molecule has 1 aromatic carbocycles. The third kappa shape index (κ3) is 3.18. The van der Waals surface area contributed by atoms with Crippen molar-refractivity contribution in [3.05, 3.63) is 35.9 Å². The molecule has 0 aliphatic rings. The largest absolute Gasteiger partial charge is 0.394 e. The Hall–Kier alpha value is -1.66. The van der Waals surface area contributed by atoms with Crippen LogP contribution in [0, 0.1) is 0 Å². The number of nitrogens with zero attached hydrogens (tertiary/aromatic N) is 4. The molecule has 0 atom stereocenters. The van der Waals surface area contributed by atoms with Crippen LogP contribution in [0.25, 0.3) is 0 Å². The Bertz CT molecular complexity index is 524. The second-order valence-electron chi connectivity index (χ2n) is 3.51. The minimum atomic E-state index is 0.0189. The zero-order valence-corrected chi connectivity index (χ0v) is 10.8. The van der Waals surface area contributed by atoms with Gasteiger partial charge in [0.1, 0.15) is 0 Å². The second kappa shape index (κ2) is 6.32. The Morgan fingerprint density at radius 1 is 1.39 bits per heavy atom. The molecule has 6 heteroatoms. The highest BCUT2D eigenvalue weighted by molar-refractivity contribution is 7.98. The summed E-state index contributed by atoms with van der Waals surface area (Å²) < 4.78 is 1.60. The normalized spacial score (nSPS) is 11.2. The van der Waals surface area contributed by atoms with Gasteiger partial charge in [0.05, 0.1) is 13.2 Å². The van der Waals surface area contributed by atoms with Crippen LogP contribution in [0.3, 0.4) is 0 Å². The quantitative estimate of drug-likeness (QED) is 0.658. The van der Waals surface area contributed by atoms with Crippen LogP contribution in [0.5, 0.6) is 0 Å². The van der Waals surface area contributed by atoms with Crippen molar-refractivity contribution >= 4 is 23.9 Å². The maximum absolute atomic E-state index is 8.96. The number of aliphatic hydroxyl groups excluding tert-OH is 1. The smallest absolute Gasteiger partial charge is 0.248 e. The Morgan fingerprint density at radius 3 is 2.83 bits per heavy atom. The van der Waals surface area contributed by atoms with Gasteiger partial charge in [-0.2, -0.15) is 4.98 Å². The molecule has 0 unspecified atom stereocenters. The Balaban J connectivity index is 2.22. The van der Waals surface area contributed by atoms with Gasteiger partial charge in [0.2, 0.25) is 11.1 Å². The third-order valence-corrected chi connectivity index (χ3v) is 2.79. The molecule has 18 heavy (non-hydrogen) atoms. The Labute approximate surface area is 110 Å². The maximum atomic E-state index is 8.96. The lowest BCUT2D eigenvalue weighted by Gasteiger charge is -1.98. The molecule has 0 fully saturated rings. The molecule has 0 spiro atoms. The van der Waals surface area contributed by atoms with E-state index in [1.165, 1.54) is 11.8 Å². The van der Waals surface area contributed by atoms with Crippen LogP contribution in [-0.4, -0.2) is 38.9 Å². The number of thioether (sulfide) groups is 1. The van der Waals surface area contributed by atoms with Gasteiger partial charge in [0.15, 0.2) is 0 Å². The van der Waals surface area contributed by atoms with E-state index in [0.29, 0.717) is 17.6 Å². The lowest BCUT2D eigenvalue weighted by atomic mass is 10.2. The van der Waals surface area contributed by atoms with Gasteiger partial charge in [0, 0.05) is 6.21 Å². The molecule has 0 amide bonds. The van der Waals surface area contributed by atoms with Crippen molar-refractivity contribution in [1.29, 1.82) is 0 Å². The topological polar surface area (TPSA) is 63.3 Å². The number of hydrogen-bond donors (Lipinski definition) is 1. The minimum Gasteiger partial charge on any atom is -0.394 e. The molecule has 0 saturated carbocycles. The summed E-state index contributed by atoms with van der Waals surface area (Å²) in [4.78, 5) is 8.57. The molecule has 2 rings (SSSR count). The summed E-state index contributed by atoms with van der Waals surface area (Å²) in [5, 5.41) is 13.8. The molecule has 0 bridgehead atoms. The van der Waals surface area contributed by atoms with Crippen LogP contribution in [0.2, 0.25) is 0 Å². The van der Waals surface area contributed by atoms with Gasteiger partial charge in [0.25, 0.3) is 0 Å². The maximum Gasteiger partial charge on any atom is 0.248 e. The summed E-state index contributed by atoms with van der Waals surface area (Å²) in [5.74, 6) is 0.511. The van der Waals surface area contributed by atoms with Crippen molar-refractivity contribution in [3.63, 3.8) is 0 Å².